The monoisotopic (exact) mass is 458 g/mol. The SMILES string of the molecule is COc1ccc(C)cc1NC1=C(c2ccc(C)cc2)C(=O)N(c2ccc(OC)c(OC)c2)C1=O. The molecule has 1 N–H and O–H groups in total. The zero-order valence-electron chi connectivity index (χ0n) is 19.8. The number of nitrogens with one attached hydrogen (secondary N) is 1. The van der Waals surface area contributed by atoms with Gasteiger partial charge >= 0.3 is 0 Å². The third-order valence-corrected chi connectivity index (χ3v) is 5.66. The van der Waals surface area contributed by atoms with Gasteiger partial charge in [0, 0.05) is 6.07 Å². The first kappa shape index (κ1) is 22.9. The maximum atomic E-state index is 13.7. The zero-order chi connectivity index (χ0) is 24.4. The van der Waals surface area contributed by atoms with E-state index in [4.69, 9.17) is 14.2 Å². The number of carbonyl (C=O) groups excluding carboxylic acids is 2. The average molecular weight is 459 g/mol. The lowest BCUT2D eigenvalue weighted by Gasteiger charge is -2.18. The van der Waals surface area contributed by atoms with Crippen LogP contribution in [0, 0.1) is 13.8 Å². The molecule has 7 heteroatoms. The lowest BCUT2D eigenvalue weighted by molar-refractivity contribution is -0.120. The van der Waals surface area contributed by atoms with Crippen LogP contribution in [0.3, 0.4) is 0 Å². The molecular weight excluding hydrogens is 432 g/mol. The molecule has 0 fully saturated rings. The van der Waals surface area contributed by atoms with E-state index < -0.39 is 11.8 Å². The fourth-order valence-electron chi connectivity index (χ4n) is 3.89. The number of hydrogen-bond acceptors (Lipinski definition) is 6. The Kier molecular flexibility index (Phi) is 6.27. The number of rotatable bonds is 7. The lowest BCUT2D eigenvalue weighted by atomic mass is 10.0. The van der Waals surface area contributed by atoms with E-state index in [1.54, 1.807) is 25.3 Å². The van der Waals surface area contributed by atoms with Crippen LogP contribution in [0.2, 0.25) is 0 Å². The first-order valence-electron chi connectivity index (χ1n) is 10.7. The highest BCUT2D eigenvalue weighted by molar-refractivity contribution is 6.46. The average Bonchev–Trinajstić information content (AvgIpc) is 3.08. The van der Waals surface area contributed by atoms with Crippen molar-refractivity contribution in [1.29, 1.82) is 0 Å². The van der Waals surface area contributed by atoms with Crippen molar-refractivity contribution in [2.75, 3.05) is 31.5 Å². The largest absolute Gasteiger partial charge is 0.495 e. The fraction of sp³-hybridized carbons (Fsp3) is 0.185. The van der Waals surface area contributed by atoms with E-state index in [1.807, 2.05) is 56.3 Å². The number of nitrogens with zero attached hydrogens (tertiary/aromatic N) is 1. The molecular formula is C27H26N2O5. The van der Waals surface area contributed by atoms with Crippen molar-refractivity contribution in [3.05, 3.63) is 83.1 Å². The smallest absolute Gasteiger partial charge is 0.282 e. The van der Waals surface area contributed by atoms with Gasteiger partial charge in [-0.15, -0.1) is 0 Å². The molecule has 0 atom stereocenters. The van der Waals surface area contributed by atoms with E-state index in [2.05, 4.69) is 5.32 Å². The number of imide groups is 1. The van der Waals surface area contributed by atoms with E-state index in [9.17, 15) is 9.59 Å². The molecule has 3 aromatic carbocycles. The number of anilines is 2. The molecule has 1 heterocycles. The molecule has 2 amide bonds. The summed E-state index contributed by atoms with van der Waals surface area (Å²) in [7, 11) is 4.59. The van der Waals surface area contributed by atoms with Crippen LogP contribution in [0.1, 0.15) is 16.7 Å². The van der Waals surface area contributed by atoms with Gasteiger partial charge in [0.25, 0.3) is 11.8 Å². The number of carbonyl (C=O) groups is 2. The van der Waals surface area contributed by atoms with Gasteiger partial charge in [0.15, 0.2) is 11.5 Å². The van der Waals surface area contributed by atoms with Crippen LogP contribution in [-0.2, 0) is 9.59 Å². The van der Waals surface area contributed by atoms with Crippen molar-refractivity contribution < 1.29 is 23.8 Å². The Morgan fingerprint density at radius 3 is 1.94 bits per heavy atom. The van der Waals surface area contributed by atoms with Gasteiger partial charge in [0.05, 0.1) is 38.3 Å². The molecule has 0 bridgehead atoms. The Hall–Kier alpha value is -4.26. The highest BCUT2D eigenvalue weighted by atomic mass is 16.5. The van der Waals surface area contributed by atoms with Gasteiger partial charge in [-0.1, -0.05) is 35.9 Å². The summed E-state index contributed by atoms with van der Waals surface area (Å²) in [6.45, 7) is 3.91. The predicted molar refractivity (Wildman–Crippen MR) is 131 cm³/mol. The van der Waals surface area contributed by atoms with Crippen LogP contribution in [0.25, 0.3) is 5.57 Å². The van der Waals surface area contributed by atoms with Crippen molar-refractivity contribution in [2.24, 2.45) is 0 Å². The molecule has 0 unspecified atom stereocenters. The summed E-state index contributed by atoms with van der Waals surface area (Å²) >= 11 is 0. The Bertz CT molecular complexity index is 1290. The van der Waals surface area contributed by atoms with Crippen molar-refractivity contribution in [1.82, 2.24) is 0 Å². The van der Waals surface area contributed by atoms with Gasteiger partial charge in [0.1, 0.15) is 11.4 Å². The van der Waals surface area contributed by atoms with Crippen LogP contribution in [0.15, 0.2) is 66.4 Å². The summed E-state index contributed by atoms with van der Waals surface area (Å²) in [5, 5.41) is 3.18. The van der Waals surface area contributed by atoms with E-state index in [0.717, 1.165) is 16.0 Å². The van der Waals surface area contributed by atoms with Crippen molar-refractivity contribution in [3.8, 4) is 17.2 Å². The van der Waals surface area contributed by atoms with Gasteiger partial charge < -0.3 is 19.5 Å². The Morgan fingerprint density at radius 2 is 1.29 bits per heavy atom. The molecule has 1 aliphatic heterocycles. The van der Waals surface area contributed by atoms with Crippen LogP contribution in [0.4, 0.5) is 11.4 Å². The molecule has 3 aromatic rings. The summed E-state index contributed by atoms with van der Waals surface area (Å²) < 4.78 is 16.1. The molecule has 0 saturated heterocycles. The van der Waals surface area contributed by atoms with Crippen LogP contribution >= 0.6 is 0 Å². The third-order valence-electron chi connectivity index (χ3n) is 5.66. The number of ether oxygens (including phenoxy) is 3. The maximum absolute atomic E-state index is 13.7. The van der Waals surface area contributed by atoms with Gasteiger partial charge in [0.2, 0.25) is 0 Å². The van der Waals surface area contributed by atoms with Crippen LogP contribution in [0.5, 0.6) is 17.2 Å². The molecule has 174 valence electrons. The first-order valence-corrected chi connectivity index (χ1v) is 10.7. The highest BCUT2D eigenvalue weighted by Crippen LogP contribution is 2.38. The fourth-order valence-corrected chi connectivity index (χ4v) is 3.89. The van der Waals surface area contributed by atoms with E-state index >= 15 is 0 Å². The lowest BCUT2D eigenvalue weighted by Crippen LogP contribution is -2.32. The minimum absolute atomic E-state index is 0.174. The number of benzene rings is 3. The van der Waals surface area contributed by atoms with E-state index in [-0.39, 0.29) is 11.3 Å². The number of amides is 2. The Morgan fingerprint density at radius 1 is 0.676 bits per heavy atom. The second-order valence-corrected chi connectivity index (χ2v) is 7.93. The summed E-state index contributed by atoms with van der Waals surface area (Å²) in [6, 6.07) is 18.0. The standard InChI is InChI=1S/C27H26N2O5/c1-16-6-9-18(10-7-16)24-25(28-20-14-17(2)8-12-21(20)32-3)27(31)29(26(24)30)19-11-13-22(33-4)23(15-19)34-5/h6-15,28H,1-5H3. The topological polar surface area (TPSA) is 77.1 Å². The Balaban J connectivity index is 1.85. The molecule has 1 aliphatic rings. The highest BCUT2D eigenvalue weighted by Gasteiger charge is 2.40. The molecule has 4 rings (SSSR count). The van der Waals surface area contributed by atoms with Gasteiger partial charge in [-0.2, -0.15) is 0 Å². The maximum Gasteiger partial charge on any atom is 0.282 e. The van der Waals surface area contributed by atoms with Gasteiger partial charge in [-0.05, 0) is 49.2 Å². The molecule has 0 spiro atoms. The van der Waals surface area contributed by atoms with Crippen molar-refractivity contribution in [3.63, 3.8) is 0 Å². The number of methoxy groups -OCH3 is 3. The first-order chi connectivity index (χ1) is 16.4. The second kappa shape index (κ2) is 9.31. The molecule has 0 saturated carbocycles. The summed E-state index contributed by atoms with van der Waals surface area (Å²) in [4.78, 5) is 28.5. The van der Waals surface area contributed by atoms with E-state index in [0.29, 0.717) is 34.2 Å². The molecule has 0 radical (unpaired) electrons. The van der Waals surface area contributed by atoms with Gasteiger partial charge in [-0.3, -0.25) is 9.59 Å². The molecule has 0 aromatic heterocycles. The predicted octanol–water partition coefficient (Wildman–Crippen LogP) is 4.73. The second-order valence-electron chi connectivity index (χ2n) is 7.93. The zero-order valence-corrected chi connectivity index (χ0v) is 19.8. The van der Waals surface area contributed by atoms with Crippen LogP contribution in [-0.4, -0.2) is 33.1 Å². The number of aryl methyl sites for hydroxylation is 2. The van der Waals surface area contributed by atoms with Crippen molar-refractivity contribution >= 4 is 28.8 Å². The summed E-state index contributed by atoms with van der Waals surface area (Å²) in [5.41, 5.74) is 4.10. The summed E-state index contributed by atoms with van der Waals surface area (Å²) in [5.74, 6) is 0.567. The molecule has 34 heavy (non-hydrogen) atoms. The molecule has 0 aliphatic carbocycles. The quantitative estimate of drug-likeness (QED) is 0.516. The minimum Gasteiger partial charge on any atom is -0.495 e. The van der Waals surface area contributed by atoms with E-state index in [1.165, 1.54) is 14.2 Å². The van der Waals surface area contributed by atoms with Crippen molar-refractivity contribution in [2.45, 2.75) is 13.8 Å². The normalized spacial score (nSPS) is 13.4. The summed E-state index contributed by atoms with van der Waals surface area (Å²) in [6.07, 6.45) is 0. The minimum atomic E-state index is -0.476. The van der Waals surface area contributed by atoms with Gasteiger partial charge in [-0.25, -0.2) is 4.90 Å². The number of hydrogen-bond donors (Lipinski definition) is 1. The Labute approximate surface area is 198 Å². The third kappa shape index (κ3) is 4.08. The van der Waals surface area contributed by atoms with Crippen LogP contribution < -0.4 is 24.4 Å². The molecule has 7 nitrogen and oxygen atoms in total.